The number of unbranched alkanes of at least 4 members (excludes halogenated alkanes) is 1. The maximum Gasteiger partial charge on any atom is 0.223 e. The number of rotatable bonds is 6. The number of hydrogen-bond acceptors (Lipinski definition) is 4. The fraction of sp³-hybridized carbons (Fsp3) is 0.800. The molecule has 1 fully saturated rings. The third kappa shape index (κ3) is 4.74. The molecule has 0 aliphatic carbocycles. The summed E-state index contributed by atoms with van der Waals surface area (Å²) in [5, 5.41) is 14.1. The predicted octanol–water partition coefficient (Wildman–Crippen LogP) is 0.772. The number of nitrogens with two attached hydrogens (primary N) is 1. The van der Waals surface area contributed by atoms with Gasteiger partial charge < -0.3 is 16.3 Å². The molecule has 0 bridgehead atoms. The molecule has 0 aromatic carbocycles. The first kappa shape index (κ1) is 13.2. The highest BCUT2D eigenvalue weighted by molar-refractivity contribution is 7.99. The summed E-state index contributed by atoms with van der Waals surface area (Å²) in [6.07, 6.45) is 3.27. The molecule has 1 aliphatic rings. The SMILES string of the molecule is NC(CCCCNC(=O)C1CCSC1)=NO. The minimum atomic E-state index is 0.175. The number of carbonyl (C=O) groups excluding carboxylic acids is 1. The van der Waals surface area contributed by atoms with Crippen molar-refractivity contribution in [2.45, 2.75) is 25.7 Å². The van der Waals surface area contributed by atoms with E-state index >= 15 is 0 Å². The van der Waals surface area contributed by atoms with Crippen LogP contribution in [-0.2, 0) is 4.79 Å². The standard InChI is InChI=1S/C10H19N3O2S/c11-9(13-15)3-1-2-5-12-10(14)8-4-6-16-7-8/h8,15H,1-7H2,(H2,11,13)(H,12,14). The first-order chi connectivity index (χ1) is 7.74. The van der Waals surface area contributed by atoms with Crippen molar-refractivity contribution >= 4 is 23.5 Å². The molecule has 1 rings (SSSR count). The molecule has 1 heterocycles. The van der Waals surface area contributed by atoms with Crippen LogP contribution in [0.15, 0.2) is 5.16 Å². The van der Waals surface area contributed by atoms with Crippen LogP contribution in [-0.4, -0.2) is 35.0 Å². The molecule has 1 saturated heterocycles. The molecule has 5 nitrogen and oxygen atoms in total. The minimum absolute atomic E-state index is 0.175. The van der Waals surface area contributed by atoms with Crippen LogP contribution in [0.25, 0.3) is 0 Å². The van der Waals surface area contributed by atoms with E-state index in [0.717, 1.165) is 30.8 Å². The van der Waals surface area contributed by atoms with Gasteiger partial charge in [0.25, 0.3) is 0 Å². The molecular formula is C10H19N3O2S. The number of hydrogen-bond donors (Lipinski definition) is 3. The maximum atomic E-state index is 11.6. The number of nitrogens with zero attached hydrogens (tertiary/aromatic N) is 1. The Bertz CT molecular complexity index is 252. The van der Waals surface area contributed by atoms with Gasteiger partial charge in [0, 0.05) is 24.6 Å². The van der Waals surface area contributed by atoms with Crippen molar-refractivity contribution in [3.63, 3.8) is 0 Å². The van der Waals surface area contributed by atoms with Crippen LogP contribution < -0.4 is 11.1 Å². The van der Waals surface area contributed by atoms with Crippen LogP contribution in [0.3, 0.4) is 0 Å². The predicted molar refractivity (Wildman–Crippen MR) is 65.7 cm³/mol. The van der Waals surface area contributed by atoms with Crippen LogP contribution in [0.2, 0.25) is 0 Å². The van der Waals surface area contributed by atoms with Crippen LogP contribution in [0.1, 0.15) is 25.7 Å². The molecule has 16 heavy (non-hydrogen) atoms. The molecule has 1 aliphatic heterocycles. The molecule has 1 amide bonds. The Hall–Kier alpha value is -0.910. The van der Waals surface area contributed by atoms with Gasteiger partial charge in [0.15, 0.2) is 0 Å². The molecule has 0 radical (unpaired) electrons. The quantitative estimate of drug-likeness (QED) is 0.212. The van der Waals surface area contributed by atoms with Crippen molar-refractivity contribution in [3.05, 3.63) is 0 Å². The van der Waals surface area contributed by atoms with Gasteiger partial charge in [0.05, 0.1) is 0 Å². The van der Waals surface area contributed by atoms with E-state index in [0.29, 0.717) is 13.0 Å². The summed E-state index contributed by atoms with van der Waals surface area (Å²) < 4.78 is 0. The molecule has 6 heteroatoms. The third-order valence-electron chi connectivity index (χ3n) is 2.59. The van der Waals surface area contributed by atoms with E-state index in [1.807, 2.05) is 11.8 Å². The fourth-order valence-corrected chi connectivity index (χ4v) is 2.80. The zero-order valence-corrected chi connectivity index (χ0v) is 10.1. The lowest BCUT2D eigenvalue weighted by molar-refractivity contribution is -0.124. The number of amidine groups is 1. The molecular weight excluding hydrogens is 226 g/mol. The van der Waals surface area contributed by atoms with E-state index in [1.54, 1.807) is 0 Å². The van der Waals surface area contributed by atoms with Gasteiger partial charge in [0.1, 0.15) is 5.84 Å². The van der Waals surface area contributed by atoms with Crippen molar-refractivity contribution in [2.24, 2.45) is 16.8 Å². The Morgan fingerprint density at radius 3 is 3.00 bits per heavy atom. The zero-order valence-electron chi connectivity index (χ0n) is 9.32. The summed E-state index contributed by atoms with van der Waals surface area (Å²) in [7, 11) is 0. The van der Waals surface area contributed by atoms with E-state index in [-0.39, 0.29) is 17.7 Å². The second-order valence-corrected chi connectivity index (χ2v) is 5.05. The first-order valence-electron chi connectivity index (χ1n) is 5.56. The van der Waals surface area contributed by atoms with Crippen molar-refractivity contribution in [2.75, 3.05) is 18.1 Å². The Labute approximate surface area is 99.8 Å². The monoisotopic (exact) mass is 245 g/mol. The van der Waals surface area contributed by atoms with E-state index < -0.39 is 0 Å². The van der Waals surface area contributed by atoms with Crippen LogP contribution in [0.4, 0.5) is 0 Å². The highest BCUT2D eigenvalue weighted by Crippen LogP contribution is 2.23. The van der Waals surface area contributed by atoms with Gasteiger partial charge in [-0.15, -0.1) is 0 Å². The van der Waals surface area contributed by atoms with Crippen LogP contribution in [0.5, 0.6) is 0 Å². The number of nitrogens with one attached hydrogen (secondary N) is 1. The molecule has 1 atom stereocenters. The third-order valence-corrected chi connectivity index (χ3v) is 3.75. The summed E-state index contributed by atoms with van der Waals surface area (Å²) in [6, 6.07) is 0. The fourth-order valence-electron chi connectivity index (χ4n) is 1.58. The van der Waals surface area contributed by atoms with Crippen molar-refractivity contribution in [1.82, 2.24) is 5.32 Å². The molecule has 4 N–H and O–H groups in total. The van der Waals surface area contributed by atoms with Gasteiger partial charge in [-0.3, -0.25) is 4.79 Å². The Balaban J connectivity index is 2.00. The van der Waals surface area contributed by atoms with E-state index in [1.165, 1.54) is 0 Å². The largest absolute Gasteiger partial charge is 0.409 e. The molecule has 92 valence electrons. The summed E-state index contributed by atoms with van der Waals surface area (Å²) in [5.74, 6) is 2.68. The van der Waals surface area contributed by atoms with Crippen molar-refractivity contribution < 1.29 is 10.0 Å². The normalized spacial score (nSPS) is 21.0. The average molecular weight is 245 g/mol. The van der Waals surface area contributed by atoms with E-state index in [4.69, 9.17) is 10.9 Å². The topological polar surface area (TPSA) is 87.7 Å². The van der Waals surface area contributed by atoms with Gasteiger partial charge in [-0.2, -0.15) is 11.8 Å². The minimum Gasteiger partial charge on any atom is -0.409 e. The van der Waals surface area contributed by atoms with Crippen molar-refractivity contribution in [3.8, 4) is 0 Å². The van der Waals surface area contributed by atoms with Gasteiger partial charge in [0.2, 0.25) is 5.91 Å². The molecule has 0 saturated carbocycles. The first-order valence-corrected chi connectivity index (χ1v) is 6.71. The van der Waals surface area contributed by atoms with Gasteiger partial charge in [-0.1, -0.05) is 5.16 Å². The average Bonchev–Trinajstić information content (AvgIpc) is 2.81. The summed E-state index contributed by atoms with van der Waals surface area (Å²) in [5.41, 5.74) is 5.32. The summed E-state index contributed by atoms with van der Waals surface area (Å²) >= 11 is 1.84. The number of oxime groups is 1. The molecule has 0 aromatic heterocycles. The second kappa shape index (κ2) is 7.38. The maximum absolute atomic E-state index is 11.6. The van der Waals surface area contributed by atoms with E-state index in [2.05, 4.69) is 10.5 Å². The second-order valence-electron chi connectivity index (χ2n) is 3.90. The highest BCUT2D eigenvalue weighted by atomic mass is 32.2. The summed E-state index contributed by atoms with van der Waals surface area (Å²) in [6.45, 7) is 0.679. The Morgan fingerprint density at radius 1 is 1.56 bits per heavy atom. The van der Waals surface area contributed by atoms with Gasteiger partial charge >= 0.3 is 0 Å². The van der Waals surface area contributed by atoms with Crippen LogP contribution >= 0.6 is 11.8 Å². The number of carbonyl (C=O) groups is 1. The molecule has 1 unspecified atom stereocenters. The van der Waals surface area contributed by atoms with Gasteiger partial charge in [-0.25, -0.2) is 0 Å². The smallest absolute Gasteiger partial charge is 0.223 e. The zero-order chi connectivity index (χ0) is 11.8. The molecule has 0 spiro atoms. The lowest BCUT2D eigenvalue weighted by Crippen LogP contribution is -2.31. The molecule has 0 aromatic rings. The van der Waals surface area contributed by atoms with Crippen LogP contribution in [0, 0.1) is 5.92 Å². The Kier molecular flexibility index (Phi) is 6.07. The number of amides is 1. The highest BCUT2D eigenvalue weighted by Gasteiger charge is 2.22. The van der Waals surface area contributed by atoms with E-state index in [9.17, 15) is 4.79 Å². The van der Waals surface area contributed by atoms with Crippen molar-refractivity contribution in [1.29, 1.82) is 0 Å². The van der Waals surface area contributed by atoms with Gasteiger partial charge in [-0.05, 0) is 25.0 Å². The Morgan fingerprint density at radius 2 is 2.38 bits per heavy atom. The lowest BCUT2D eigenvalue weighted by Gasteiger charge is -2.09. The summed E-state index contributed by atoms with van der Waals surface area (Å²) in [4.78, 5) is 11.6. The number of thioether (sulfide) groups is 1. The lowest BCUT2D eigenvalue weighted by atomic mass is 10.1.